The molecule has 0 bridgehead atoms. The summed E-state index contributed by atoms with van der Waals surface area (Å²) in [5, 5.41) is 11.6. The number of non-ortho nitro benzene ring substituents is 1. The maximum Gasteiger partial charge on any atom is 0.272 e. The number of nitro groups is 1. The molecule has 1 heterocycles. The van der Waals surface area contributed by atoms with Crippen LogP contribution in [0.5, 0.6) is 0 Å². The summed E-state index contributed by atoms with van der Waals surface area (Å²) in [6.45, 7) is 0.652. The van der Waals surface area contributed by atoms with Gasteiger partial charge >= 0.3 is 0 Å². The van der Waals surface area contributed by atoms with Crippen LogP contribution >= 0.6 is 34.7 Å². The Balaban J connectivity index is 2.00. The van der Waals surface area contributed by atoms with Crippen LogP contribution in [0.15, 0.2) is 53.5 Å². The summed E-state index contributed by atoms with van der Waals surface area (Å²) in [5.41, 5.74) is 1.57. The van der Waals surface area contributed by atoms with E-state index in [0.29, 0.717) is 16.4 Å². The number of nitrogens with zero attached hydrogens (tertiary/aromatic N) is 3. The van der Waals surface area contributed by atoms with Crippen molar-refractivity contribution in [3.8, 4) is 0 Å². The molecular weight excluding hydrogens is 418 g/mol. The zero-order valence-corrected chi connectivity index (χ0v) is 17.3. The molecule has 0 saturated carbocycles. The highest BCUT2D eigenvalue weighted by Crippen LogP contribution is 2.23. The molecule has 0 fully saturated rings. The Morgan fingerprint density at radius 2 is 2.14 bits per heavy atom. The first kappa shape index (κ1) is 20.3. The van der Waals surface area contributed by atoms with E-state index in [9.17, 15) is 14.9 Å². The minimum Gasteiger partial charge on any atom is -0.315 e. The van der Waals surface area contributed by atoms with E-state index in [2.05, 4.69) is 4.99 Å². The number of halogens is 1. The number of carbonyl (C=O) groups is 1. The number of thiazole rings is 1. The van der Waals surface area contributed by atoms with Crippen molar-refractivity contribution in [2.45, 2.75) is 6.54 Å². The fourth-order valence-electron chi connectivity index (χ4n) is 2.56. The summed E-state index contributed by atoms with van der Waals surface area (Å²) >= 11 is 9.03. The van der Waals surface area contributed by atoms with E-state index < -0.39 is 10.8 Å². The predicted octanol–water partition coefficient (Wildman–Crippen LogP) is 4.77. The average Bonchev–Trinajstić information content (AvgIpc) is 3.01. The highest BCUT2D eigenvalue weighted by molar-refractivity contribution is 7.98. The van der Waals surface area contributed by atoms with Crippen LogP contribution in [0.25, 0.3) is 16.3 Å². The SMILES string of the molecule is CSCCn1c(=NC(=O)/C=C/c2ccccc2Cl)sc2cc([N+](=O)[O-])ccc21. The van der Waals surface area contributed by atoms with Gasteiger partial charge in [-0.1, -0.05) is 41.1 Å². The second-order valence-electron chi connectivity index (χ2n) is 5.74. The average molecular weight is 434 g/mol. The van der Waals surface area contributed by atoms with Gasteiger partial charge in [0.2, 0.25) is 0 Å². The number of hydrogen-bond acceptors (Lipinski definition) is 5. The van der Waals surface area contributed by atoms with Gasteiger partial charge in [-0.15, -0.1) is 0 Å². The van der Waals surface area contributed by atoms with Crippen molar-refractivity contribution in [1.82, 2.24) is 4.57 Å². The summed E-state index contributed by atoms with van der Waals surface area (Å²) in [4.78, 5) is 27.7. The highest BCUT2D eigenvalue weighted by atomic mass is 35.5. The van der Waals surface area contributed by atoms with Crippen molar-refractivity contribution < 1.29 is 9.72 Å². The van der Waals surface area contributed by atoms with Gasteiger partial charge in [-0.2, -0.15) is 16.8 Å². The van der Waals surface area contributed by atoms with Gasteiger partial charge in [0.25, 0.3) is 11.6 Å². The zero-order valence-electron chi connectivity index (χ0n) is 14.9. The van der Waals surface area contributed by atoms with Gasteiger partial charge in [0.1, 0.15) is 0 Å². The third-order valence-corrected chi connectivity index (χ3v) is 5.89. The fourth-order valence-corrected chi connectivity index (χ4v) is 4.22. The molecule has 0 saturated heterocycles. The number of fused-ring (bicyclic) bond motifs is 1. The number of rotatable bonds is 6. The Hall–Kier alpha value is -2.42. The van der Waals surface area contributed by atoms with Crippen LogP contribution in [0.4, 0.5) is 5.69 Å². The minimum absolute atomic E-state index is 0.0160. The monoisotopic (exact) mass is 433 g/mol. The molecular formula is C19H16ClN3O3S2. The third-order valence-electron chi connectivity index (χ3n) is 3.91. The number of carbonyl (C=O) groups excluding carboxylic acids is 1. The van der Waals surface area contributed by atoms with E-state index in [1.54, 1.807) is 30.0 Å². The van der Waals surface area contributed by atoms with Crippen LogP contribution in [0.1, 0.15) is 5.56 Å². The second-order valence-corrected chi connectivity index (χ2v) is 8.14. The molecule has 1 amide bonds. The molecule has 9 heteroatoms. The standard InChI is InChI=1S/C19H16ClN3O3S2/c1-27-11-10-22-16-8-7-14(23(25)26)12-17(16)28-19(22)21-18(24)9-6-13-4-2-3-5-15(13)20/h2-9,12H,10-11H2,1H3/b9-6+,21-19?. The first-order valence-electron chi connectivity index (χ1n) is 8.27. The van der Waals surface area contributed by atoms with E-state index in [4.69, 9.17) is 11.6 Å². The molecule has 0 radical (unpaired) electrons. The Bertz CT molecular complexity index is 1130. The van der Waals surface area contributed by atoms with Gasteiger partial charge in [0.05, 0.1) is 15.1 Å². The molecule has 3 rings (SSSR count). The molecule has 6 nitrogen and oxygen atoms in total. The number of amides is 1. The van der Waals surface area contributed by atoms with Crippen molar-refractivity contribution in [2.75, 3.05) is 12.0 Å². The smallest absolute Gasteiger partial charge is 0.272 e. The van der Waals surface area contributed by atoms with Gasteiger partial charge in [-0.25, -0.2) is 0 Å². The summed E-state index contributed by atoms with van der Waals surface area (Å²) in [6.07, 6.45) is 4.99. The zero-order chi connectivity index (χ0) is 20.1. The van der Waals surface area contributed by atoms with Crippen molar-refractivity contribution in [2.24, 2.45) is 4.99 Å². The Labute approximate surface area is 174 Å². The summed E-state index contributed by atoms with van der Waals surface area (Å²) in [6, 6.07) is 11.9. The largest absolute Gasteiger partial charge is 0.315 e. The van der Waals surface area contributed by atoms with Crippen LogP contribution < -0.4 is 4.80 Å². The first-order chi connectivity index (χ1) is 13.5. The maximum absolute atomic E-state index is 12.4. The van der Waals surface area contributed by atoms with Gasteiger partial charge in [0.15, 0.2) is 4.80 Å². The third kappa shape index (κ3) is 4.70. The van der Waals surface area contributed by atoms with Gasteiger partial charge < -0.3 is 4.57 Å². The highest BCUT2D eigenvalue weighted by Gasteiger charge is 2.12. The second kappa shape index (κ2) is 9.18. The van der Waals surface area contributed by atoms with E-state index in [-0.39, 0.29) is 5.69 Å². The van der Waals surface area contributed by atoms with Crippen LogP contribution in [0.2, 0.25) is 5.02 Å². The molecule has 28 heavy (non-hydrogen) atoms. The Morgan fingerprint density at radius 3 is 2.86 bits per heavy atom. The van der Waals surface area contributed by atoms with E-state index in [0.717, 1.165) is 21.5 Å². The lowest BCUT2D eigenvalue weighted by molar-refractivity contribution is -0.384. The molecule has 0 atom stereocenters. The minimum atomic E-state index is -0.431. The van der Waals surface area contributed by atoms with Crippen molar-refractivity contribution >= 4 is 62.6 Å². The summed E-state index contributed by atoms with van der Waals surface area (Å²) in [5.74, 6) is 0.415. The predicted molar refractivity (Wildman–Crippen MR) is 116 cm³/mol. The van der Waals surface area contributed by atoms with Crippen LogP contribution in [0.3, 0.4) is 0 Å². The topological polar surface area (TPSA) is 77.5 Å². The number of aryl methyl sites for hydroxylation is 1. The lowest BCUT2D eigenvalue weighted by Gasteiger charge is -2.03. The maximum atomic E-state index is 12.4. The molecule has 0 N–H and O–H groups in total. The molecule has 1 aromatic heterocycles. The molecule has 0 aliphatic heterocycles. The van der Waals surface area contributed by atoms with Crippen molar-refractivity contribution in [3.05, 3.63) is 74.0 Å². The lowest BCUT2D eigenvalue weighted by atomic mass is 10.2. The fraction of sp³-hybridized carbons (Fsp3) is 0.158. The molecule has 0 unspecified atom stereocenters. The van der Waals surface area contributed by atoms with Crippen LogP contribution in [-0.4, -0.2) is 27.4 Å². The quantitative estimate of drug-likeness (QED) is 0.318. The number of aromatic nitrogens is 1. The summed E-state index contributed by atoms with van der Waals surface area (Å²) in [7, 11) is 0. The van der Waals surface area contributed by atoms with Gasteiger partial charge in [-0.3, -0.25) is 14.9 Å². The van der Waals surface area contributed by atoms with Gasteiger partial charge in [-0.05, 0) is 30.0 Å². The van der Waals surface area contributed by atoms with Crippen molar-refractivity contribution in [1.29, 1.82) is 0 Å². The number of nitro benzene ring substituents is 1. The molecule has 0 aliphatic carbocycles. The normalized spacial score (nSPS) is 12.1. The molecule has 3 aromatic rings. The van der Waals surface area contributed by atoms with Gasteiger partial charge in [0, 0.05) is 35.5 Å². The van der Waals surface area contributed by atoms with Crippen LogP contribution in [0, 0.1) is 10.1 Å². The summed E-state index contributed by atoms with van der Waals surface area (Å²) < 4.78 is 2.64. The van der Waals surface area contributed by atoms with Crippen LogP contribution in [-0.2, 0) is 11.3 Å². The lowest BCUT2D eigenvalue weighted by Crippen LogP contribution is -2.17. The Kier molecular flexibility index (Phi) is 6.66. The molecule has 2 aromatic carbocycles. The first-order valence-corrected chi connectivity index (χ1v) is 10.9. The van der Waals surface area contributed by atoms with E-state index in [1.165, 1.54) is 29.5 Å². The van der Waals surface area contributed by atoms with E-state index in [1.807, 2.05) is 29.0 Å². The molecule has 0 aliphatic rings. The Morgan fingerprint density at radius 1 is 1.36 bits per heavy atom. The van der Waals surface area contributed by atoms with E-state index >= 15 is 0 Å². The number of thioether (sulfide) groups is 1. The number of benzene rings is 2. The number of hydrogen-bond donors (Lipinski definition) is 0. The van der Waals surface area contributed by atoms with Crippen molar-refractivity contribution in [3.63, 3.8) is 0 Å². The molecule has 0 spiro atoms. The molecule has 144 valence electrons.